The van der Waals surface area contributed by atoms with Crippen LogP contribution in [0.3, 0.4) is 0 Å². The Labute approximate surface area is 146 Å². The van der Waals surface area contributed by atoms with Gasteiger partial charge in [0, 0.05) is 24.3 Å². The van der Waals surface area contributed by atoms with E-state index in [1.807, 2.05) is 61.4 Å². The first-order chi connectivity index (χ1) is 11.3. The Morgan fingerprint density at radius 2 is 2.04 bits per heavy atom. The molecule has 3 rings (SSSR count). The molecule has 1 aliphatic heterocycles. The highest BCUT2D eigenvalue weighted by molar-refractivity contribution is 7.12. The number of rotatable bonds is 3. The summed E-state index contributed by atoms with van der Waals surface area (Å²) in [7, 11) is 0. The predicted octanol–water partition coefficient (Wildman–Crippen LogP) is 4.33. The molecule has 1 N–H and O–H groups in total. The lowest BCUT2D eigenvalue weighted by atomic mass is 9.92. The number of hydrogen-bond donors (Lipinski definition) is 1. The molecule has 1 aromatic carbocycles. The second kappa shape index (κ2) is 6.40. The summed E-state index contributed by atoms with van der Waals surface area (Å²) in [6.45, 7) is 6.82. The molecule has 24 heavy (non-hydrogen) atoms. The van der Waals surface area contributed by atoms with Crippen LogP contribution in [0.1, 0.15) is 42.4 Å². The molecule has 0 saturated carbocycles. The molecular formula is C19H22N2O2S. The number of nitrogens with one attached hydrogen (secondary N) is 1. The molecule has 0 saturated heterocycles. The molecule has 2 amide bonds. The average molecular weight is 342 g/mol. The van der Waals surface area contributed by atoms with Gasteiger partial charge < -0.3 is 10.2 Å². The molecule has 5 heteroatoms. The summed E-state index contributed by atoms with van der Waals surface area (Å²) < 4.78 is 0. The second-order valence-corrected chi connectivity index (χ2v) is 8.26. The molecule has 1 aromatic heterocycles. The van der Waals surface area contributed by atoms with Crippen LogP contribution in [0.25, 0.3) is 0 Å². The third kappa shape index (κ3) is 3.67. The maximum atomic E-state index is 12.6. The van der Waals surface area contributed by atoms with Crippen LogP contribution in [0.5, 0.6) is 0 Å². The van der Waals surface area contributed by atoms with Gasteiger partial charge in [-0.25, -0.2) is 0 Å². The Balaban J connectivity index is 1.74. The van der Waals surface area contributed by atoms with Crippen molar-refractivity contribution < 1.29 is 9.59 Å². The molecular weight excluding hydrogens is 320 g/mol. The molecule has 4 nitrogen and oxygen atoms in total. The van der Waals surface area contributed by atoms with E-state index in [-0.39, 0.29) is 17.2 Å². The van der Waals surface area contributed by atoms with Crippen LogP contribution in [-0.4, -0.2) is 18.4 Å². The number of carbonyl (C=O) groups is 2. The van der Waals surface area contributed by atoms with E-state index in [0.717, 1.165) is 28.2 Å². The molecule has 126 valence electrons. The normalized spacial score (nSPS) is 13.7. The zero-order chi connectivity index (χ0) is 17.3. The van der Waals surface area contributed by atoms with Crippen molar-refractivity contribution in [1.29, 1.82) is 0 Å². The minimum Gasteiger partial charge on any atom is -0.326 e. The molecule has 0 aliphatic carbocycles. The first kappa shape index (κ1) is 16.7. The minimum atomic E-state index is -0.0370. The van der Waals surface area contributed by atoms with Gasteiger partial charge in [-0.3, -0.25) is 9.59 Å². The van der Waals surface area contributed by atoms with Gasteiger partial charge in [0.15, 0.2) is 0 Å². The van der Waals surface area contributed by atoms with E-state index in [1.165, 1.54) is 11.3 Å². The fourth-order valence-electron chi connectivity index (χ4n) is 2.91. The summed E-state index contributed by atoms with van der Waals surface area (Å²) in [5.41, 5.74) is 2.81. The maximum Gasteiger partial charge on any atom is 0.268 e. The first-order valence-electron chi connectivity index (χ1n) is 8.12. The highest BCUT2D eigenvalue weighted by atomic mass is 32.1. The van der Waals surface area contributed by atoms with Crippen LogP contribution in [0.2, 0.25) is 0 Å². The van der Waals surface area contributed by atoms with Crippen LogP contribution < -0.4 is 10.2 Å². The van der Waals surface area contributed by atoms with Gasteiger partial charge in [0.25, 0.3) is 5.91 Å². The number of thiophene rings is 1. The van der Waals surface area contributed by atoms with Crippen molar-refractivity contribution in [2.75, 3.05) is 16.8 Å². The Bertz CT molecular complexity index is 760. The monoisotopic (exact) mass is 342 g/mol. The molecule has 0 radical (unpaired) electrons. The van der Waals surface area contributed by atoms with Crippen molar-refractivity contribution in [1.82, 2.24) is 0 Å². The molecule has 1 aliphatic rings. The molecule has 0 bridgehead atoms. The van der Waals surface area contributed by atoms with Gasteiger partial charge in [-0.2, -0.15) is 0 Å². The van der Waals surface area contributed by atoms with Crippen LogP contribution in [-0.2, 0) is 11.2 Å². The maximum absolute atomic E-state index is 12.6. The van der Waals surface area contributed by atoms with Crippen LogP contribution >= 0.6 is 11.3 Å². The van der Waals surface area contributed by atoms with Gasteiger partial charge in [0.1, 0.15) is 0 Å². The van der Waals surface area contributed by atoms with E-state index in [0.29, 0.717) is 13.0 Å². The smallest absolute Gasteiger partial charge is 0.268 e. The summed E-state index contributed by atoms with van der Waals surface area (Å²) >= 11 is 1.46. The SMILES string of the molecule is CC(C)(C)CC(=O)Nc1ccc2c(c1)CCN2C(=O)c1cccs1. The van der Waals surface area contributed by atoms with Crippen molar-refractivity contribution >= 4 is 34.5 Å². The van der Waals surface area contributed by atoms with Crippen molar-refractivity contribution in [2.24, 2.45) is 5.41 Å². The summed E-state index contributed by atoms with van der Waals surface area (Å²) in [4.78, 5) is 27.2. The number of hydrogen-bond acceptors (Lipinski definition) is 3. The van der Waals surface area contributed by atoms with Crippen LogP contribution in [0.4, 0.5) is 11.4 Å². The first-order valence-corrected chi connectivity index (χ1v) is 9.00. The molecule has 0 spiro atoms. The number of benzene rings is 1. The lowest BCUT2D eigenvalue weighted by Gasteiger charge is -2.18. The average Bonchev–Trinajstić information content (AvgIpc) is 3.13. The van der Waals surface area contributed by atoms with E-state index in [4.69, 9.17) is 0 Å². The van der Waals surface area contributed by atoms with Gasteiger partial charge in [-0.15, -0.1) is 11.3 Å². The largest absolute Gasteiger partial charge is 0.326 e. The Kier molecular flexibility index (Phi) is 4.45. The van der Waals surface area contributed by atoms with E-state index >= 15 is 0 Å². The van der Waals surface area contributed by atoms with E-state index < -0.39 is 0 Å². The van der Waals surface area contributed by atoms with Crippen molar-refractivity contribution in [3.8, 4) is 0 Å². The third-order valence-electron chi connectivity index (χ3n) is 3.93. The second-order valence-electron chi connectivity index (χ2n) is 7.31. The molecule has 2 heterocycles. The predicted molar refractivity (Wildman–Crippen MR) is 98.8 cm³/mol. The molecule has 0 fully saturated rings. The summed E-state index contributed by atoms with van der Waals surface area (Å²) in [6, 6.07) is 9.53. The highest BCUT2D eigenvalue weighted by Gasteiger charge is 2.26. The quantitative estimate of drug-likeness (QED) is 0.903. The standard InChI is InChI=1S/C19H22N2O2S/c1-19(2,3)12-17(22)20-14-6-7-15-13(11-14)8-9-21(15)18(23)16-5-4-10-24-16/h4-7,10-11H,8-9,12H2,1-3H3,(H,20,22). The van der Waals surface area contributed by atoms with Crippen LogP contribution in [0, 0.1) is 5.41 Å². The Hall–Kier alpha value is -2.14. The summed E-state index contributed by atoms with van der Waals surface area (Å²) in [5, 5.41) is 4.87. The van der Waals surface area contributed by atoms with E-state index in [1.54, 1.807) is 0 Å². The van der Waals surface area contributed by atoms with Gasteiger partial charge >= 0.3 is 0 Å². The fraction of sp³-hybridized carbons (Fsp3) is 0.368. The van der Waals surface area contributed by atoms with Crippen molar-refractivity contribution in [2.45, 2.75) is 33.6 Å². The topological polar surface area (TPSA) is 49.4 Å². The van der Waals surface area contributed by atoms with Crippen molar-refractivity contribution in [3.63, 3.8) is 0 Å². The fourth-order valence-corrected chi connectivity index (χ4v) is 3.58. The van der Waals surface area contributed by atoms with Crippen molar-refractivity contribution in [3.05, 3.63) is 46.2 Å². The Morgan fingerprint density at radius 1 is 1.25 bits per heavy atom. The zero-order valence-corrected chi connectivity index (χ0v) is 15.1. The summed E-state index contributed by atoms with van der Waals surface area (Å²) in [5.74, 6) is 0.0697. The number of anilines is 2. The lowest BCUT2D eigenvalue weighted by Crippen LogP contribution is -2.28. The molecule has 2 aromatic rings. The number of nitrogens with zero attached hydrogens (tertiary/aromatic N) is 1. The number of amides is 2. The molecule has 0 atom stereocenters. The number of fused-ring (bicyclic) bond motifs is 1. The molecule has 0 unspecified atom stereocenters. The number of carbonyl (C=O) groups excluding carboxylic acids is 2. The van der Waals surface area contributed by atoms with Gasteiger partial charge in [0.05, 0.1) is 4.88 Å². The van der Waals surface area contributed by atoms with E-state index in [9.17, 15) is 9.59 Å². The van der Waals surface area contributed by atoms with Gasteiger partial charge in [-0.1, -0.05) is 26.8 Å². The minimum absolute atomic E-state index is 0.0203. The van der Waals surface area contributed by atoms with Crippen LogP contribution in [0.15, 0.2) is 35.7 Å². The third-order valence-corrected chi connectivity index (χ3v) is 4.78. The zero-order valence-electron chi connectivity index (χ0n) is 14.3. The highest BCUT2D eigenvalue weighted by Crippen LogP contribution is 2.32. The lowest BCUT2D eigenvalue weighted by molar-refractivity contribution is -0.117. The summed E-state index contributed by atoms with van der Waals surface area (Å²) in [6.07, 6.45) is 1.29. The van der Waals surface area contributed by atoms with E-state index in [2.05, 4.69) is 5.32 Å². The Morgan fingerprint density at radius 3 is 2.71 bits per heavy atom. The van der Waals surface area contributed by atoms with Gasteiger partial charge in [0.2, 0.25) is 5.91 Å². The van der Waals surface area contributed by atoms with Gasteiger partial charge in [-0.05, 0) is 47.0 Å².